The highest BCUT2D eigenvalue weighted by Crippen LogP contribution is 2.33. The lowest BCUT2D eigenvalue weighted by atomic mass is 9.82. The molecule has 1 aliphatic rings. The van der Waals surface area contributed by atoms with Crippen molar-refractivity contribution in [3.8, 4) is 0 Å². The molecule has 6 heteroatoms. The zero-order valence-electron chi connectivity index (χ0n) is 13.5. The van der Waals surface area contributed by atoms with E-state index in [9.17, 15) is 4.79 Å². The van der Waals surface area contributed by atoms with E-state index in [1.807, 2.05) is 4.90 Å². The van der Waals surface area contributed by atoms with Crippen LogP contribution in [0.1, 0.15) is 50.2 Å². The van der Waals surface area contributed by atoms with Crippen molar-refractivity contribution in [3.05, 3.63) is 4.88 Å². The van der Waals surface area contributed by atoms with Crippen LogP contribution in [0.25, 0.3) is 0 Å². The predicted molar refractivity (Wildman–Crippen MR) is 89.0 cm³/mol. The van der Waals surface area contributed by atoms with E-state index in [-0.39, 0.29) is 5.91 Å². The van der Waals surface area contributed by atoms with Crippen molar-refractivity contribution in [1.82, 2.24) is 9.88 Å². The molecule has 0 radical (unpaired) electrons. The van der Waals surface area contributed by atoms with Crippen molar-refractivity contribution >= 4 is 28.2 Å². The minimum absolute atomic E-state index is 0.0407. The molecule has 1 saturated heterocycles. The molecule has 0 spiro atoms. The van der Waals surface area contributed by atoms with Crippen LogP contribution in [0.3, 0.4) is 0 Å². The minimum atomic E-state index is 0.0407. The highest BCUT2D eigenvalue weighted by molar-refractivity contribution is 7.18. The highest BCUT2D eigenvalue weighted by Gasteiger charge is 2.30. The predicted octanol–water partition coefficient (Wildman–Crippen LogP) is 2.83. The Bertz CT molecular complexity index is 498. The molecule has 2 N–H and O–H groups in total. The summed E-state index contributed by atoms with van der Waals surface area (Å²) in [5, 5.41) is 0.846. The van der Waals surface area contributed by atoms with Crippen molar-refractivity contribution in [3.63, 3.8) is 0 Å². The zero-order chi connectivity index (χ0) is 15.6. The van der Waals surface area contributed by atoms with E-state index >= 15 is 0 Å². The number of amides is 1. The standard InChI is InChI=1S/C15H26N4OS/c1-5-18(6-2)14-17-12(16)11(21-14)13(20)19-9-7-15(3,4)8-10-19/h5-10,16H2,1-4H3. The van der Waals surface area contributed by atoms with E-state index in [0.29, 0.717) is 16.1 Å². The molecule has 21 heavy (non-hydrogen) atoms. The molecule has 0 unspecified atom stereocenters. The van der Waals surface area contributed by atoms with Gasteiger partial charge in [0.15, 0.2) is 5.13 Å². The Balaban J connectivity index is 2.13. The summed E-state index contributed by atoms with van der Waals surface area (Å²) >= 11 is 1.42. The van der Waals surface area contributed by atoms with Crippen molar-refractivity contribution in [2.45, 2.75) is 40.5 Å². The van der Waals surface area contributed by atoms with Gasteiger partial charge in [0.2, 0.25) is 0 Å². The Hall–Kier alpha value is -1.30. The van der Waals surface area contributed by atoms with Crippen LogP contribution < -0.4 is 10.6 Å². The van der Waals surface area contributed by atoms with Crippen LogP contribution in [-0.4, -0.2) is 42.0 Å². The number of rotatable bonds is 4. The SMILES string of the molecule is CCN(CC)c1nc(N)c(C(=O)N2CCC(C)(C)CC2)s1. The number of hydrogen-bond donors (Lipinski definition) is 1. The van der Waals surface area contributed by atoms with E-state index in [4.69, 9.17) is 5.73 Å². The molecule has 2 rings (SSSR count). The molecule has 0 saturated carbocycles. The monoisotopic (exact) mass is 310 g/mol. The Morgan fingerprint density at radius 2 is 1.90 bits per heavy atom. The molecule has 1 fully saturated rings. The third-order valence-corrected chi connectivity index (χ3v) is 5.39. The maximum Gasteiger partial charge on any atom is 0.267 e. The summed E-state index contributed by atoms with van der Waals surface area (Å²) in [6, 6.07) is 0. The van der Waals surface area contributed by atoms with Gasteiger partial charge in [0.25, 0.3) is 5.91 Å². The van der Waals surface area contributed by atoms with Gasteiger partial charge in [-0.1, -0.05) is 25.2 Å². The lowest BCUT2D eigenvalue weighted by Crippen LogP contribution is -2.41. The molecular weight excluding hydrogens is 284 g/mol. The number of nitrogens with zero attached hydrogens (tertiary/aromatic N) is 3. The van der Waals surface area contributed by atoms with Gasteiger partial charge in [0, 0.05) is 26.2 Å². The maximum atomic E-state index is 12.6. The molecular formula is C15H26N4OS. The van der Waals surface area contributed by atoms with Gasteiger partial charge >= 0.3 is 0 Å². The summed E-state index contributed by atoms with van der Waals surface area (Å²) in [5.41, 5.74) is 6.31. The third-order valence-electron chi connectivity index (χ3n) is 4.27. The van der Waals surface area contributed by atoms with Crippen molar-refractivity contribution in [2.24, 2.45) is 5.41 Å². The Kier molecular flexibility index (Phi) is 4.76. The van der Waals surface area contributed by atoms with Crippen LogP contribution in [0.5, 0.6) is 0 Å². The molecule has 5 nitrogen and oxygen atoms in total. The van der Waals surface area contributed by atoms with E-state index < -0.39 is 0 Å². The molecule has 2 heterocycles. The van der Waals surface area contributed by atoms with Gasteiger partial charge in [0.1, 0.15) is 10.7 Å². The van der Waals surface area contributed by atoms with Crippen molar-refractivity contribution < 1.29 is 4.79 Å². The minimum Gasteiger partial charge on any atom is -0.382 e. The third kappa shape index (κ3) is 3.48. The first-order valence-electron chi connectivity index (χ1n) is 7.68. The molecule has 0 aromatic carbocycles. The maximum absolute atomic E-state index is 12.6. The Morgan fingerprint density at radius 1 is 1.33 bits per heavy atom. The van der Waals surface area contributed by atoms with Gasteiger partial charge in [0.05, 0.1) is 0 Å². The summed E-state index contributed by atoms with van der Waals surface area (Å²) < 4.78 is 0. The van der Waals surface area contributed by atoms with E-state index in [0.717, 1.165) is 44.2 Å². The Morgan fingerprint density at radius 3 is 2.43 bits per heavy atom. The molecule has 0 aliphatic carbocycles. The smallest absolute Gasteiger partial charge is 0.267 e. The quantitative estimate of drug-likeness (QED) is 0.929. The topological polar surface area (TPSA) is 62.5 Å². The first-order chi connectivity index (χ1) is 9.88. The van der Waals surface area contributed by atoms with E-state index in [1.165, 1.54) is 11.3 Å². The molecule has 1 aromatic heterocycles. The molecule has 1 aliphatic heterocycles. The first kappa shape index (κ1) is 16.1. The molecule has 0 bridgehead atoms. The van der Waals surface area contributed by atoms with Crippen LogP contribution >= 0.6 is 11.3 Å². The second-order valence-electron chi connectivity index (χ2n) is 6.34. The number of hydrogen-bond acceptors (Lipinski definition) is 5. The number of anilines is 2. The van der Waals surface area contributed by atoms with Crippen molar-refractivity contribution in [2.75, 3.05) is 36.8 Å². The summed E-state index contributed by atoms with van der Waals surface area (Å²) in [6.45, 7) is 12.0. The molecule has 1 aromatic rings. The first-order valence-corrected chi connectivity index (χ1v) is 8.50. The van der Waals surface area contributed by atoms with Gasteiger partial charge in [-0.25, -0.2) is 4.98 Å². The van der Waals surface area contributed by atoms with Crippen LogP contribution in [0.4, 0.5) is 10.9 Å². The normalized spacial score (nSPS) is 17.8. The number of carbonyl (C=O) groups is 1. The summed E-state index contributed by atoms with van der Waals surface area (Å²) in [6.07, 6.45) is 2.08. The number of nitrogen functional groups attached to an aromatic ring is 1. The van der Waals surface area contributed by atoms with Gasteiger partial charge in [-0.2, -0.15) is 0 Å². The lowest BCUT2D eigenvalue weighted by Gasteiger charge is -2.36. The number of carbonyl (C=O) groups excluding carboxylic acids is 1. The number of nitrogens with two attached hydrogens (primary N) is 1. The van der Waals surface area contributed by atoms with Crippen LogP contribution in [0.2, 0.25) is 0 Å². The van der Waals surface area contributed by atoms with Crippen LogP contribution in [0.15, 0.2) is 0 Å². The van der Waals surface area contributed by atoms with Crippen LogP contribution in [-0.2, 0) is 0 Å². The van der Waals surface area contributed by atoms with Gasteiger partial charge in [-0.15, -0.1) is 0 Å². The van der Waals surface area contributed by atoms with E-state index in [2.05, 4.69) is 37.6 Å². The van der Waals surface area contributed by atoms with Crippen molar-refractivity contribution in [1.29, 1.82) is 0 Å². The number of likely N-dealkylation sites (tertiary alicyclic amines) is 1. The largest absolute Gasteiger partial charge is 0.382 e. The summed E-state index contributed by atoms with van der Waals surface area (Å²) in [4.78, 5) is 21.6. The fourth-order valence-electron chi connectivity index (χ4n) is 2.56. The number of aromatic nitrogens is 1. The fraction of sp³-hybridized carbons (Fsp3) is 0.733. The molecule has 118 valence electrons. The number of thiazole rings is 1. The fourth-order valence-corrected chi connectivity index (χ4v) is 3.64. The Labute approximate surface area is 131 Å². The van der Waals surface area contributed by atoms with Gasteiger partial charge in [-0.3, -0.25) is 4.79 Å². The lowest BCUT2D eigenvalue weighted by molar-refractivity contribution is 0.0636. The molecule has 0 atom stereocenters. The summed E-state index contributed by atoms with van der Waals surface area (Å²) in [7, 11) is 0. The zero-order valence-corrected chi connectivity index (χ0v) is 14.3. The second-order valence-corrected chi connectivity index (χ2v) is 7.32. The van der Waals surface area contributed by atoms with Gasteiger partial charge in [-0.05, 0) is 32.1 Å². The highest BCUT2D eigenvalue weighted by atomic mass is 32.1. The average Bonchev–Trinajstić information content (AvgIpc) is 2.81. The van der Waals surface area contributed by atoms with E-state index in [1.54, 1.807) is 0 Å². The second kappa shape index (κ2) is 6.22. The molecule has 1 amide bonds. The van der Waals surface area contributed by atoms with Crippen LogP contribution in [0, 0.1) is 5.41 Å². The summed E-state index contributed by atoms with van der Waals surface area (Å²) in [5.74, 6) is 0.413. The van der Waals surface area contributed by atoms with Gasteiger partial charge < -0.3 is 15.5 Å². The number of piperidine rings is 1. The average molecular weight is 310 g/mol.